The molecule has 0 aromatic rings. The van der Waals surface area contributed by atoms with Crippen molar-refractivity contribution in [2.45, 2.75) is 110 Å². The molecule has 0 amide bonds. The average Bonchev–Trinajstić information content (AvgIpc) is 2.58. The number of hydrogen-bond acceptors (Lipinski definition) is 4. The van der Waals surface area contributed by atoms with Crippen molar-refractivity contribution < 1.29 is 54.5 Å². The Hall–Kier alpha value is -0.100. The molecule has 0 fully saturated rings. The van der Waals surface area contributed by atoms with Crippen LogP contribution in [0.1, 0.15) is 110 Å². The first kappa shape index (κ1) is 30.6. The van der Waals surface area contributed by atoms with Gasteiger partial charge in [0.2, 0.25) is 0 Å². The number of unbranched alkanes of at least 4 members (excludes halogenated alkanes) is 14. The summed E-state index contributed by atoms with van der Waals surface area (Å²) in [6.07, 6.45) is 20.2. The maximum Gasteiger partial charge on any atom is 1.00 e. The molecule has 0 radical (unpaired) electrons. The topological polar surface area (TPSA) is 97.7 Å². The van der Waals surface area contributed by atoms with Crippen LogP contribution in [0.25, 0.3) is 0 Å². The van der Waals surface area contributed by atoms with E-state index in [1.807, 2.05) is 0 Å². The summed E-state index contributed by atoms with van der Waals surface area (Å²) < 4.78 is 0. The molecular formula is C20H39NaO5. The molecule has 0 bridgehead atoms. The Balaban J connectivity index is -0.000000772. The van der Waals surface area contributed by atoms with Crippen molar-refractivity contribution >= 4 is 11.9 Å². The van der Waals surface area contributed by atoms with Gasteiger partial charge >= 0.3 is 35.5 Å². The summed E-state index contributed by atoms with van der Waals surface area (Å²) in [4.78, 5) is 19.3. The predicted molar refractivity (Wildman–Crippen MR) is 99.3 cm³/mol. The Bertz CT molecular complexity index is 298. The van der Waals surface area contributed by atoms with Crippen LogP contribution in [0.15, 0.2) is 0 Å². The number of carboxylic acid groups (broad SMARTS) is 2. The van der Waals surface area contributed by atoms with E-state index in [9.17, 15) is 4.79 Å². The van der Waals surface area contributed by atoms with Crippen molar-refractivity contribution in [1.29, 1.82) is 0 Å². The first-order valence-corrected chi connectivity index (χ1v) is 10.1. The Morgan fingerprint density at radius 2 is 0.962 bits per heavy atom. The van der Waals surface area contributed by atoms with E-state index in [-0.39, 0.29) is 29.6 Å². The van der Waals surface area contributed by atoms with E-state index in [1.165, 1.54) is 83.5 Å². The second-order valence-electron chi connectivity index (χ2n) is 6.62. The molecule has 0 aromatic heterocycles. The Labute approximate surface area is 182 Å². The van der Waals surface area contributed by atoms with Crippen LogP contribution in [0.3, 0.4) is 0 Å². The number of carbonyl (C=O) groups is 2. The number of rotatable bonds is 17. The minimum atomic E-state index is -1.44. The zero-order chi connectivity index (χ0) is 19.2. The van der Waals surface area contributed by atoms with Crippen LogP contribution in [0.2, 0.25) is 0 Å². The quantitative estimate of drug-likeness (QED) is 0.290. The van der Waals surface area contributed by atoms with Gasteiger partial charge in [0.1, 0.15) is 0 Å². The zero-order valence-electron chi connectivity index (χ0n) is 17.1. The molecule has 0 saturated carbocycles. The van der Waals surface area contributed by atoms with Crippen LogP contribution in [0.5, 0.6) is 0 Å². The van der Waals surface area contributed by atoms with Crippen molar-refractivity contribution in [3.63, 3.8) is 0 Å². The van der Waals surface area contributed by atoms with Crippen molar-refractivity contribution in [3.05, 3.63) is 0 Å². The fourth-order valence-electron chi connectivity index (χ4n) is 2.65. The second-order valence-corrected chi connectivity index (χ2v) is 6.62. The molecule has 5 nitrogen and oxygen atoms in total. The van der Waals surface area contributed by atoms with Gasteiger partial charge in [-0.2, -0.15) is 0 Å². The molecule has 2 N–H and O–H groups in total. The minimum Gasteiger partial charge on any atom is -0.548 e. The molecular weight excluding hydrogens is 343 g/mol. The summed E-state index contributed by atoms with van der Waals surface area (Å²) in [7, 11) is 0. The van der Waals surface area contributed by atoms with E-state index in [4.69, 9.17) is 20.1 Å². The molecule has 0 rings (SSSR count). The van der Waals surface area contributed by atoms with Gasteiger partial charge in [0.05, 0.1) is 12.6 Å². The summed E-state index contributed by atoms with van der Waals surface area (Å²) in [6.45, 7) is 1.38. The molecule has 26 heavy (non-hydrogen) atoms. The van der Waals surface area contributed by atoms with Crippen LogP contribution >= 0.6 is 0 Å². The number of aliphatic hydroxyl groups is 1. The zero-order valence-corrected chi connectivity index (χ0v) is 19.1. The maximum atomic E-state index is 10.3. The van der Waals surface area contributed by atoms with Gasteiger partial charge in [-0.1, -0.05) is 96.8 Å². The molecule has 0 unspecified atom stereocenters. The molecule has 0 aliphatic rings. The molecule has 0 aliphatic heterocycles. The molecule has 0 saturated heterocycles. The number of hydrogen-bond donors (Lipinski definition) is 2. The van der Waals surface area contributed by atoms with Crippen molar-refractivity contribution in [2.75, 3.05) is 6.61 Å². The average molecular weight is 383 g/mol. The molecule has 0 spiro atoms. The van der Waals surface area contributed by atoms with E-state index < -0.39 is 18.5 Å². The fraction of sp³-hybridized carbons (Fsp3) is 0.900. The summed E-state index contributed by atoms with van der Waals surface area (Å²) in [5.74, 6) is -2.09. The van der Waals surface area contributed by atoms with Gasteiger partial charge < -0.3 is 20.1 Å². The predicted octanol–water partition coefficient (Wildman–Crippen LogP) is 1.07. The third-order valence-electron chi connectivity index (χ3n) is 4.12. The Morgan fingerprint density at radius 3 is 1.19 bits per heavy atom. The minimum absolute atomic E-state index is 0. The molecule has 0 atom stereocenters. The van der Waals surface area contributed by atoms with Crippen LogP contribution in [-0.4, -0.2) is 28.8 Å². The van der Waals surface area contributed by atoms with Gasteiger partial charge in [-0.25, -0.2) is 0 Å². The Kier molecular flexibility index (Phi) is 31.9. The van der Waals surface area contributed by atoms with Crippen LogP contribution in [-0.2, 0) is 9.59 Å². The summed E-state index contributed by atoms with van der Waals surface area (Å²) in [5, 5.41) is 25.0. The van der Waals surface area contributed by atoms with Gasteiger partial charge in [-0.15, -0.1) is 0 Å². The van der Waals surface area contributed by atoms with E-state index in [0.717, 1.165) is 12.8 Å². The van der Waals surface area contributed by atoms with E-state index in [1.54, 1.807) is 0 Å². The summed E-state index contributed by atoms with van der Waals surface area (Å²) in [6, 6.07) is 0. The van der Waals surface area contributed by atoms with Crippen LogP contribution < -0.4 is 34.7 Å². The SMILES string of the molecule is CCCCCCCCCCCCCCCCCC(=O)O.O=C([O-])CO.[Na+]. The molecule has 0 heterocycles. The number of carboxylic acids is 2. The fourth-order valence-corrected chi connectivity index (χ4v) is 2.65. The van der Waals surface area contributed by atoms with Gasteiger partial charge in [-0.3, -0.25) is 4.79 Å². The maximum absolute atomic E-state index is 10.3. The standard InChI is InChI=1S/C18H36O2.C2H4O3.Na/c1-2-3-4-5-6-7-8-9-10-11-12-13-14-15-16-17-18(19)20;3-1-2(4)5;/h2-17H2,1H3,(H,19,20);3H,1H2,(H,4,5);/q;;+1/p-1. The summed E-state index contributed by atoms with van der Waals surface area (Å²) in [5.41, 5.74) is 0. The van der Waals surface area contributed by atoms with Gasteiger partial charge in [0.15, 0.2) is 0 Å². The molecule has 150 valence electrons. The first-order valence-electron chi connectivity index (χ1n) is 10.1. The van der Waals surface area contributed by atoms with Crippen LogP contribution in [0, 0.1) is 0 Å². The molecule has 0 aromatic carbocycles. The smallest absolute Gasteiger partial charge is 0.548 e. The number of aliphatic carboxylic acids is 2. The monoisotopic (exact) mass is 382 g/mol. The third-order valence-corrected chi connectivity index (χ3v) is 4.12. The van der Waals surface area contributed by atoms with E-state index >= 15 is 0 Å². The van der Waals surface area contributed by atoms with Crippen molar-refractivity contribution in [3.8, 4) is 0 Å². The van der Waals surface area contributed by atoms with Crippen LogP contribution in [0.4, 0.5) is 0 Å². The second kappa shape index (κ2) is 27.1. The largest absolute Gasteiger partial charge is 1.00 e. The molecule has 0 aliphatic carbocycles. The number of carbonyl (C=O) groups excluding carboxylic acids is 1. The third kappa shape index (κ3) is 35.1. The molecule has 6 heteroatoms. The van der Waals surface area contributed by atoms with E-state index in [2.05, 4.69) is 6.92 Å². The normalized spacial score (nSPS) is 9.77. The summed E-state index contributed by atoms with van der Waals surface area (Å²) >= 11 is 0. The van der Waals surface area contributed by atoms with Crippen molar-refractivity contribution in [2.24, 2.45) is 0 Å². The number of aliphatic hydroxyl groups excluding tert-OH is 1. The van der Waals surface area contributed by atoms with Crippen molar-refractivity contribution in [1.82, 2.24) is 0 Å². The Morgan fingerprint density at radius 1 is 0.692 bits per heavy atom. The van der Waals surface area contributed by atoms with E-state index in [0.29, 0.717) is 6.42 Å². The first-order chi connectivity index (χ1) is 12.0. The van der Waals surface area contributed by atoms with Gasteiger partial charge in [0.25, 0.3) is 0 Å². The van der Waals surface area contributed by atoms with Gasteiger partial charge in [0, 0.05) is 6.42 Å². The van der Waals surface area contributed by atoms with Gasteiger partial charge in [-0.05, 0) is 6.42 Å².